The van der Waals surface area contributed by atoms with E-state index in [0.29, 0.717) is 18.1 Å². The highest BCUT2D eigenvalue weighted by Crippen LogP contribution is 2.32. The van der Waals surface area contributed by atoms with E-state index in [0.717, 1.165) is 5.56 Å². The molecule has 0 radical (unpaired) electrons. The second-order valence-electron chi connectivity index (χ2n) is 4.42. The number of ketones is 1. The van der Waals surface area contributed by atoms with Gasteiger partial charge in [-0.15, -0.1) is 0 Å². The molecule has 0 saturated carbocycles. The molecule has 0 fully saturated rings. The van der Waals surface area contributed by atoms with Crippen LogP contribution in [-0.2, 0) is 4.79 Å². The lowest BCUT2D eigenvalue weighted by molar-refractivity contribution is -0.112. The van der Waals surface area contributed by atoms with E-state index in [1.165, 1.54) is 18.6 Å². The van der Waals surface area contributed by atoms with E-state index >= 15 is 0 Å². The summed E-state index contributed by atoms with van der Waals surface area (Å²) in [7, 11) is 1.60. The third-order valence-electron chi connectivity index (χ3n) is 2.45. The van der Waals surface area contributed by atoms with E-state index in [4.69, 9.17) is 9.47 Å². The van der Waals surface area contributed by atoms with Gasteiger partial charge in [0, 0.05) is 5.56 Å². The maximum absolute atomic E-state index is 11.0. The molecule has 0 heterocycles. The fourth-order valence-electron chi connectivity index (χ4n) is 1.48. The average Bonchev–Trinajstić information content (AvgIpc) is 2.36. The van der Waals surface area contributed by atoms with E-state index < -0.39 is 0 Å². The van der Waals surface area contributed by atoms with Crippen molar-refractivity contribution in [1.82, 2.24) is 0 Å². The van der Waals surface area contributed by atoms with Crippen molar-refractivity contribution in [1.29, 1.82) is 0 Å². The molecule has 3 nitrogen and oxygen atoms in total. The number of allylic oxidation sites excluding steroid dienone is 2. The molecule has 0 aliphatic heterocycles. The Morgan fingerprint density at radius 1 is 1.26 bits per heavy atom. The van der Waals surface area contributed by atoms with Crippen LogP contribution in [0.1, 0.15) is 26.3 Å². The van der Waals surface area contributed by atoms with Gasteiger partial charge in [0.2, 0.25) is 0 Å². The Morgan fingerprint density at radius 3 is 2.58 bits per heavy atom. The van der Waals surface area contributed by atoms with Gasteiger partial charge in [0.25, 0.3) is 0 Å². The molecule has 0 aliphatic rings. The molecule has 1 rings (SSSR count). The number of rotatable bonds is 6. The van der Waals surface area contributed by atoms with Crippen molar-refractivity contribution < 1.29 is 14.3 Å². The van der Waals surface area contributed by atoms with E-state index in [-0.39, 0.29) is 5.78 Å². The smallest absolute Gasteiger partial charge is 0.168 e. The molecule has 0 N–H and O–H groups in total. The zero-order valence-corrected chi connectivity index (χ0v) is 11.9. The van der Waals surface area contributed by atoms with Crippen LogP contribution in [0.4, 0.5) is 0 Å². The van der Waals surface area contributed by atoms with Gasteiger partial charge in [-0.2, -0.15) is 0 Å². The number of hydrogen-bond donors (Lipinski definition) is 0. The molecular formula is C16H20O3. The number of ether oxygens (including phenoxy) is 2. The fraction of sp³-hybridized carbons (Fsp3) is 0.312. The van der Waals surface area contributed by atoms with Gasteiger partial charge in [-0.25, -0.2) is 0 Å². The van der Waals surface area contributed by atoms with Gasteiger partial charge < -0.3 is 9.47 Å². The molecular weight excluding hydrogens is 240 g/mol. The molecule has 0 aliphatic carbocycles. The van der Waals surface area contributed by atoms with Gasteiger partial charge in [-0.1, -0.05) is 17.7 Å². The summed E-state index contributed by atoms with van der Waals surface area (Å²) in [4.78, 5) is 11.0. The predicted molar refractivity (Wildman–Crippen MR) is 77.6 cm³/mol. The number of para-hydroxylation sites is 1. The number of carbonyl (C=O) groups is 1. The molecule has 102 valence electrons. The molecule has 0 bridgehead atoms. The minimum atomic E-state index is -0.00179. The summed E-state index contributed by atoms with van der Waals surface area (Å²) in [5, 5.41) is 0. The zero-order valence-electron chi connectivity index (χ0n) is 11.9. The van der Waals surface area contributed by atoms with Crippen molar-refractivity contribution in [2.24, 2.45) is 0 Å². The number of benzene rings is 1. The molecule has 19 heavy (non-hydrogen) atoms. The summed E-state index contributed by atoms with van der Waals surface area (Å²) in [6.45, 7) is 6.02. The van der Waals surface area contributed by atoms with Crippen LogP contribution in [-0.4, -0.2) is 19.5 Å². The molecule has 3 heteroatoms. The maximum Gasteiger partial charge on any atom is 0.168 e. The van der Waals surface area contributed by atoms with Gasteiger partial charge >= 0.3 is 0 Å². The normalized spacial score (nSPS) is 10.3. The predicted octanol–water partition coefficient (Wildman–Crippen LogP) is 3.64. The van der Waals surface area contributed by atoms with Crippen LogP contribution >= 0.6 is 0 Å². The summed E-state index contributed by atoms with van der Waals surface area (Å²) < 4.78 is 11.0. The van der Waals surface area contributed by atoms with E-state index in [1.807, 2.05) is 38.1 Å². The Kier molecular flexibility index (Phi) is 5.86. The first-order valence-electron chi connectivity index (χ1n) is 6.16. The minimum absolute atomic E-state index is 0.00179. The Balaban J connectivity index is 3.02. The van der Waals surface area contributed by atoms with Crippen LogP contribution in [0, 0.1) is 0 Å². The van der Waals surface area contributed by atoms with Crippen LogP contribution in [0.15, 0.2) is 35.9 Å². The summed E-state index contributed by atoms with van der Waals surface area (Å²) in [6, 6.07) is 5.59. The Morgan fingerprint density at radius 2 is 2.00 bits per heavy atom. The second kappa shape index (κ2) is 7.41. The molecule has 0 unspecified atom stereocenters. The van der Waals surface area contributed by atoms with Gasteiger partial charge in [0.1, 0.15) is 6.61 Å². The summed E-state index contributed by atoms with van der Waals surface area (Å²) in [6.07, 6.45) is 5.25. The van der Waals surface area contributed by atoms with Crippen molar-refractivity contribution in [2.45, 2.75) is 20.8 Å². The topological polar surface area (TPSA) is 35.5 Å². The van der Waals surface area contributed by atoms with Gasteiger partial charge in [-0.3, -0.25) is 4.79 Å². The molecule has 1 aromatic rings. The quantitative estimate of drug-likeness (QED) is 0.578. The first-order valence-corrected chi connectivity index (χ1v) is 6.16. The summed E-state index contributed by atoms with van der Waals surface area (Å²) in [5.74, 6) is 1.31. The largest absolute Gasteiger partial charge is 0.493 e. The average molecular weight is 260 g/mol. The number of methoxy groups -OCH3 is 1. The third-order valence-corrected chi connectivity index (χ3v) is 2.45. The second-order valence-corrected chi connectivity index (χ2v) is 4.42. The highest BCUT2D eigenvalue weighted by Gasteiger charge is 2.08. The number of carbonyl (C=O) groups excluding carboxylic acids is 1. The maximum atomic E-state index is 11.0. The summed E-state index contributed by atoms with van der Waals surface area (Å²) in [5.41, 5.74) is 2.02. The fourth-order valence-corrected chi connectivity index (χ4v) is 1.48. The lowest BCUT2D eigenvalue weighted by Crippen LogP contribution is -1.99. The van der Waals surface area contributed by atoms with Crippen LogP contribution < -0.4 is 9.47 Å². The van der Waals surface area contributed by atoms with Gasteiger partial charge in [0.15, 0.2) is 17.3 Å². The van der Waals surface area contributed by atoms with E-state index in [1.54, 1.807) is 13.2 Å². The van der Waals surface area contributed by atoms with Crippen molar-refractivity contribution in [3.05, 3.63) is 41.5 Å². The highest BCUT2D eigenvalue weighted by molar-refractivity contribution is 5.92. The van der Waals surface area contributed by atoms with Crippen molar-refractivity contribution >= 4 is 11.9 Å². The van der Waals surface area contributed by atoms with Crippen molar-refractivity contribution in [2.75, 3.05) is 13.7 Å². The van der Waals surface area contributed by atoms with Crippen molar-refractivity contribution in [3.63, 3.8) is 0 Å². The standard InChI is InChI=1S/C16H20O3/c1-12(2)10-11-19-16-14(9-8-13(3)17)6-5-7-15(16)18-4/h5-10H,11H2,1-4H3/b9-8+. The van der Waals surface area contributed by atoms with Crippen LogP contribution in [0.3, 0.4) is 0 Å². The SMILES string of the molecule is COc1cccc(/C=C/C(C)=O)c1OCC=C(C)C. The minimum Gasteiger partial charge on any atom is -0.493 e. The lowest BCUT2D eigenvalue weighted by Gasteiger charge is -2.12. The third kappa shape index (κ3) is 5.00. The Hall–Kier alpha value is -2.03. The molecule has 0 saturated heterocycles. The van der Waals surface area contributed by atoms with E-state index in [9.17, 15) is 4.79 Å². The summed E-state index contributed by atoms with van der Waals surface area (Å²) >= 11 is 0. The van der Waals surface area contributed by atoms with Gasteiger partial charge in [-0.05, 0) is 45.1 Å². The molecule has 0 amide bonds. The highest BCUT2D eigenvalue weighted by atomic mass is 16.5. The first kappa shape index (κ1) is 15.0. The van der Waals surface area contributed by atoms with Crippen LogP contribution in [0.5, 0.6) is 11.5 Å². The Labute approximate surface area is 114 Å². The molecule has 1 aromatic carbocycles. The molecule has 0 atom stereocenters. The first-order chi connectivity index (χ1) is 9.04. The van der Waals surface area contributed by atoms with Crippen LogP contribution in [0.2, 0.25) is 0 Å². The molecule has 0 spiro atoms. The lowest BCUT2D eigenvalue weighted by atomic mass is 10.1. The molecule has 0 aromatic heterocycles. The Bertz CT molecular complexity index is 495. The van der Waals surface area contributed by atoms with Crippen molar-refractivity contribution in [3.8, 4) is 11.5 Å². The van der Waals surface area contributed by atoms with E-state index in [2.05, 4.69) is 0 Å². The monoisotopic (exact) mass is 260 g/mol. The van der Waals surface area contributed by atoms with Crippen LogP contribution in [0.25, 0.3) is 6.08 Å². The number of hydrogen-bond acceptors (Lipinski definition) is 3. The van der Waals surface area contributed by atoms with Gasteiger partial charge in [0.05, 0.1) is 7.11 Å². The zero-order chi connectivity index (χ0) is 14.3.